The van der Waals surface area contributed by atoms with Gasteiger partial charge < -0.3 is 4.42 Å². The third-order valence-electron chi connectivity index (χ3n) is 4.44. The van der Waals surface area contributed by atoms with Gasteiger partial charge in [0.25, 0.3) is 0 Å². The highest BCUT2D eigenvalue weighted by atomic mass is 35.5. The van der Waals surface area contributed by atoms with Crippen LogP contribution in [0.1, 0.15) is 11.5 Å². The summed E-state index contributed by atoms with van der Waals surface area (Å²) >= 11 is 6.40. The Labute approximate surface area is 173 Å². The van der Waals surface area contributed by atoms with Crippen molar-refractivity contribution < 1.29 is 12.8 Å². The summed E-state index contributed by atoms with van der Waals surface area (Å²) < 4.78 is 29.2. The number of benzene rings is 3. The van der Waals surface area contributed by atoms with Crippen molar-refractivity contribution in [2.24, 2.45) is 5.14 Å². The monoisotopic (exact) mass is 424 g/mol. The number of oxazole rings is 1. The van der Waals surface area contributed by atoms with Crippen molar-refractivity contribution in [3.63, 3.8) is 0 Å². The Balaban J connectivity index is 1.82. The molecular weight excluding hydrogens is 408 g/mol. The minimum absolute atomic E-state index is 0.0320. The van der Waals surface area contributed by atoms with E-state index in [9.17, 15) is 8.42 Å². The average Bonchev–Trinajstić information content (AvgIpc) is 3.12. The van der Waals surface area contributed by atoms with Gasteiger partial charge >= 0.3 is 0 Å². The van der Waals surface area contributed by atoms with Crippen molar-refractivity contribution in [3.05, 3.63) is 95.3 Å². The summed E-state index contributed by atoms with van der Waals surface area (Å²) in [7, 11) is -3.77. The van der Waals surface area contributed by atoms with Crippen molar-refractivity contribution in [2.45, 2.75) is 11.3 Å². The van der Waals surface area contributed by atoms with Crippen molar-refractivity contribution in [1.82, 2.24) is 4.98 Å². The first-order valence-electron chi connectivity index (χ1n) is 8.83. The molecule has 0 unspecified atom stereocenters. The van der Waals surface area contributed by atoms with Gasteiger partial charge in [0.05, 0.1) is 9.92 Å². The van der Waals surface area contributed by atoms with E-state index >= 15 is 0 Å². The summed E-state index contributed by atoms with van der Waals surface area (Å²) in [6, 6.07) is 23.4. The maximum absolute atomic E-state index is 11.5. The lowest BCUT2D eigenvalue weighted by atomic mass is 10.1. The van der Waals surface area contributed by atoms with Crippen LogP contribution in [-0.4, -0.2) is 13.4 Å². The first kappa shape index (κ1) is 19.4. The molecule has 0 atom stereocenters. The van der Waals surface area contributed by atoms with Crippen molar-refractivity contribution in [3.8, 4) is 22.6 Å². The maximum Gasteiger partial charge on any atom is 0.238 e. The molecule has 1 aromatic heterocycles. The van der Waals surface area contributed by atoms with Gasteiger partial charge in [-0.15, -0.1) is 0 Å². The van der Waals surface area contributed by atoms with E-state index in [2.05, 4.69) is 0 Å². The number of nitrogens with zero attached hydrogens (tertiary/aromatic N) is 1. The maximum atomic E-state index is 11.5. The predicted octanol–water partition coefficient (Wildman–Crippen LogP) is 4.90. The van der Waals surface area contributed by atoms with Crippen LogP contribution < -0.4 is 5.14 Å². The van der Waals surface area contributed by atoms with Crippen molar-refractivity contribution >= 4 is 21.6 Å². The molecule has 0 saturated carbocycles. The summed E-state index contributed by atoms with van der Waals surface area (Å²) in [6.07, 6.45) is 0.521. The third-order valence-corrected chi connectivity index (χ3v) is 5.70. The van der Waals surface area contributed by atoms with Gasteiger partial charge in [-0.1, -0.05) is 60.1 Å². The predicted molar refractivity (Wildman–Crippen MR) is 113 cm³/mol. The normalized spacial score (nSPS) is 11.5. The van der Waals surface area contributed by atoms with E-state index in [0.29, 0.717) is 34.4 Å². The molecule has 0 radical (unpaired) electrons. The summed E-state index contributed by atoms with van der Waals surface area (Å²) in [6.45, 7) is 0. The Morgan fingerprint density at radius 2 is 1.55 bits per heavy atom. The van der Waals surface area contributed by atoms with Gasteiger partial charge in [-0.05, 0) is 35.9 Å². The second-order valence-electron chi connectivity index (χ2n) is 6.50. The molecule has 7 heteroatoms. The minimum atomic E-state index is -3.77. The van der Waals surface area contributed by atoms with E-state index in [1.54, 1.807) is 18.2 Å². The highest BCUT2D eigenvalue weighted by Gasteiger charge is 2.19. The van der Waals surface area contributed by atoms with Crippen molar-refractivity contribution in [1.29, 1.82) is 0 Å². The first-order chi connectivity index (χ1) is 13.9. The molecule has 0 bridgehead atoms. The van der Waals surface area contributed by atoms with E-state index in [0.717, 1.165) is 11.1 Å². The molecule has 0 spiro atoms. The van der Waals surface area contributed by atoms with Gasteiger partial charge in [0, 0.05) is 17.5 Å². The SMILES string of the molecule is NS(=O)(=O)c1ccc(-c2oc(Cc3ccccc3)nc2-c2ccccc2Cl)cc1. The summed E-state index contributed by atoms with van der Waals surface area (Å²) in [5.41, 5.74) is 3.09. The molecule has 5 nitrogen and oxygen atoms in total. The Kier molecular flexibility index (Phi) is 5.24. The largest absolute Gasteiger partial charge is 0.440 e. The van der Waals surface area contributed by atoms with Crippen LogP contribution in [-0.2, 0) is 16.4 Å². The van der Waals surface area contributed by atoms with Gasteiger partial charge in [-0.3, -0.25) is 0 Å². The zero-order valence-electron chi connectivity index (χ0n) is 15.2. The lowest BCUT2D eigenvalue weighted by Gasteiger charge is -2.04. The zero-order chi connectivity index (χ0) is 20.4. The fourth-order valence-electron chi connectivity index (χ4n) is 3.04. The van der Waals surface area contributed by atoms with E-state index < -0.39 is 10.0 Å². The summed E-state index contributed by atoms with van der Waals surface area (Å²) in [4.78, 5) is 4.72. The number of halogens is 1. The van der Waals surface area contributed by atoms with E-state index in [1.807, 2.05) is 48.5 Å². The van der Waals surface area contributed by atoms with Crippen molar-refractivity contribution in [2.75, 3.05) is 0 Å². The average molecular weight is 425 g/mol. The number of sulfonamides is 1. The van der Waals surface area contributed by atoms with Crippen LogP contribution in [0.3, 0.4) is 0 Å². The molecule has 0 aliphatic carbocycles. The van der Waals surface area contributed by atoms with Crippen LogP contribution in [0.25, 0.3) is 22.6 Å². The minimum Gasteiger partial charge on any atom is -0.440 e. The summed E-state index contributed by atoms with van der Waals surface area (Å²) in [5, 5.41) is 5.75. The zero-order valence-corrected chi connectivity index (χ0v) is 16.8. The highest BCUT2D eigenvalue weighted by Crippen LogP contribution is 2.36. The molecule has 0 aliphatic heterocycles. The summed E-state index contributed by atoms with van der Waals surface area (Å²) in [5.74, 6) is 1.06. The fourth-order valence-corrected chi connectivity index (χ4v) is 3.78. The number of rotatable bonds is 5. The van der Waals surface area contributed by atoms with Crippen LogP contribution in [0.15, 0.2) is 88.2 Å². The Morgan fingerprint density at radius 1 is 0.897 bits per heavy atom. The third kappa shape index (κ3) is 4.24. The molecule has 1 heterocycles. The van der Waals surface area contributed by atoms with Crippen LogP contribution >= 0.6 is 11.6 Å². The van der Waals surface area contributed by atoms with Gasteiger partial charge in [-0.25, -0.2) is 18.5 Å². The van der Waals surface area contributed by atoms with Crippen LogP contribution in [0, 0.1) is 0 Å². The molecule has 4 aromatic rings. The van der Waals surface area contributed by atoms with Crippen LogP contribution in [0.2, 0.25) is 5.02 Å². The molecule has 2 N–H and O–H groups in total. The Bertz CT molecular complexity index is 1250. The second-order valence-corrected chi connectivity index (χ2v) is 8.47. The van der Waals surface area contributed by atoms with Gasteiger partial charge in [0.2, 0.25) is 10.0 Å². The van der Waals surface area contributed by atoms with Gasteiger partial charge in [0.15, 0.2) is 11.7 Å². The van der Waals surface area contributed by atoms with Crippen LogP contribution in [0.4, 0.5) is 0 Å². The molecular formula is C22H17ClN2O3S. The van der Waals surface area contributed by atoms with E-state index in [1.165, 1.54) is 12.1 Å². The fraction of sp³-hybridized carbons (Fsp3) is 0.0455. The molecule has 0 aliphatic rings. The van der Waals surface area contributed by atoms with E-state index in [4.69, 9.17) is 26.1 Å². The molecule has 3 aromatic carbocycles. The molecule has 0 saturated heterocycles. The molecule has 29 heavy (non-hydrogen) atoms. The lowest BCUT2D eigenvalue weighted by Crippen LogP contribution is -2.11. The molecule has 146 valence electrons. The standard InChI is InChI=1S/C22H17ClN2O3S/c23-19-9-5-4-8-18(19)21-22(16-10-12-17(13-11-16)29(24,26)27)28-20(25-21)14-15-6-2-1-3-7-15/h1-13H,14H2,(H2,24,26,27). The second kappa shape index (κ2) is 7.83. The topological polar surface area (TPSA) is 86.2 Å². The highest BCUT2D eigenvalue weighted by molar-refractivity contribution is 7.89. The molecule has 0 amide bonds. The van der Waals surface area contributed by atoms with E-state index in [-0.39, 0.29) is 4.90 Å². The quantitative estimate of drug-likeness (QED) is 0.493. The number of hydrogen-bond acceptors (Lipinski definition) is 4. The molecule has 0 fully saturated rings. The number of primary sulfonamides is 1. The van der Waals surface area contributed by atoms with Gasteiger partial charge in [-0.2, -0.15) is 0 Å². The number of aromatic nitrogens is 1. The lowest BCUT2D eigenvalue weighted by molar-refractivity contribution is 0.519. The Morgan fingerprint density at radius 3 is 2.21 bits per heavy atom. The van der Waals surface area contributed by atoms with Crippen LogP contribution in [0.5, 0.6) is 0 Å². The smallest absolute Gasteiger partial charge is 0.238 e. The first-order valence-corrected chi connectivity index (χ1v) is 10.8. The number of nitrogens with two attached hydrogens (primary N) is 1. The Hall–Kier alpha value is -2.93. The van der Waals surface area contributed by atoms with Gasteiger partial charge in [0.1, 0.15) is 5.69 Å². The number of hydrogen-bond donors (Lipinski definition) is 1. The molecule has 4 rings (SSSR count).